The highest BCUT2D eigenvalue weighted by molar-refractivity contribution is 7.15. The first-order chi connectivity index (χ1) is 10.2. The highest BCUT2D eigenvalue weighted by atomic mass is 32.1. The first-order valence-electron chi connectivity index (χ1n) is 8.33. The summed E-state index contributed by atoms with van der Waals surface area (Å²) in [4.78, 5) is 11.3. The number of hydrogen-bond acceptors (Lipinski definition) is 5. The number of piperazine rings is 1. The molecule has 2 heterocycles. The van der Waals surface area contributed by atoms with E-state index in [0.29, 0.717) is 5.92 Å². The highest BCUT2D eigenvalue weighted by Gasteiger charge is 2.24. The van der Waals surface area contributed by atoms with E-state index in [1.54, 1.807) is 0 Å². The van der Waals surface area contributed by atoms with Crippen LogP contribution in [0.2, 0.25) is 0 Å². The van der Waals surface area contributed by atoms with Crippen molar-refractivity contribution in [2.24, 2.45) is 0 Å². The van der Waals surface area contributed by atoms with E-state index in [1.807, 2.05) is 11.3 Å². The van der Waals surface area contributed by atoms with E-state index in [9.17, 15) is 0 Å². The van der Waals surface area contributed by atoms with Gasteiger partial charge in [0.1, 0.15) is 0 Å². The van der Waals surface area contributed by atoms with Crippen molar-refractivity contribution in [3.05, 3.63) is 10.6 Å². The van der Waals surface area contributed by atoms with E-state index in [2.05, 4.69) is 36.0 Å². The molecule has 1 N–H and O–H groups in total. The fourth-order valence-corrected chi connectivity index (χ4v) is 3.90. The van der Waals surface area contributed by atoms with Gasteiger partial charge in [0.2, 0.25) is 0 Å². The number of rotatable bonds is 6. The molecule has 1 saturated heterocycles. The van der Waals surface area contributed by atoms with E-state index in [-0.39, 0.29) is 0 Å². The predicted octanol–water partition coefficient (Wildman–Crippen LogP) is 2.66. The first kappa shape index (κ1) is 15.3. The molecule has 118 valence electrons. The lowest BCUT2D eigenvalue weighted by Gasteiger charge is -2.32. The van der Waals surface area contributed by atoms with Crippen molar-refractivity contribution in [2.45, 2.75) is 51.6 Å². The Balaban J connectivity index is 1.73. The van der Waals surface area contributed by atoms with Crippen molar-refractivity contribution < 1.29 is 0 Å². The maximum atomic E-state index is 5.01. The summed E-state index contributed by atoms with van der Waals surface area (Å²) in [6, 6.07) is 0.768. The molecule has 1 aliphatic heterocycles. The van der Waals surface area contributed by atoms with E-state index in [4.69, 9.17) is 4.98 Å². The molecule has 4 nitrogen and oxygen atoms in total. The molecule has 1 unspecified atom stereocenters. The highest BCUT2D eigenvalue weighted by Crippen LogP contribution is 2.33. The van der Waals surface area contributed by atoms with Crippen LogP contribution in [-0.2, 0) is 6.54 Å². The van der Waals surface area contributed by atoms with E-state index >= 15 is 0 Å². The number of aromatic nitrogens is 1. The fourth-order valence-electron chi connectivity index (χ4n) is 2.71. The van der Waals surface area contributed by atoms with Crippen LogP contribution in [0.25, 0.3) is 0 Å². The molecular weight excluding hydrogens is 280 g/mol. The van der Waals surface area contributed by atoms with Gasteiger partial charge in [-0.3, -0.25) is 0 Å². The van der Waals surface area contributed by atoms with Gasteiger partial charge in [0.05, 0.1) is 5.69 Å². The molecule has 3 rings (SSSR count). The molecule has 1 atom stereocenters. The zero-order valence-corrected chi connectivity index (χ0v) is 14.4. The van der Waals surface area contributed by atoms with Crippen LogP contribution in [0.5, 0.6) is 0 Å². The van der Waals surface area contributed by atoms with Crippen molar-refractivity contribution in [1.29, 1.82) is 0 Å². The number of hydrogen-bond donors (Lipinski definition) is 1. The van der Waals surface area contributed by atoms with Gasteiger partial charge in [0.25, 0.3) is 0 Å². The van der Waals surface area contributed by atoms with Crippen LogP contribution in [0, 0.1) is 0 Å². The summed E-state index contributed by atoms with van der Waals surface area (Å²) in [5.74, 6) is 0.568. The summed E-state index contributed by atoms with van der Waals surface area (Å²) in [5, 5.41) is 4.90. The average Bonchev–Trinajstić information content (AvgIpc) is 3.23. The van der Waals surface area contributed by atoms with E-state index in [0.717, 1.165) is 38.8 Å². The number of nitrogens with one attached hydrogen (secondary N) is 1. The molecular formula is C16H28N4S. The summed E-state index contributed by atoms with van der Waals surface area (Å²) < 4.78 is 0. The van der Waals surface area contributed by atoms with Crippen LogP contribution >= 0.6 is 11.3 Å². The lowest BCUT2D eigenvalue weighted by molar-refractivity contribution is 0.312. The second kappa shape index (κ2) is 6.63. The van der Waals surface area contributed by atoms with Gasteiger partial charge in [-0.15, -0.1) is 11.3 Å². The molecule has 0 spiro atoms. The normalized spacial score (nSPS) is 21.8. The second-order valence-electron chi connectivity index (χ2n) is 6.56. The average molecular weight is 308 g/mol. The third-order valence-corrected chi connectivity index (χ3v) is 5.83. The molecule has 0 amide bonds. The summed E-state index contributed by atoms with van der Waals surface area (Å²) in [7, 11) is 2.20. The number of likely N-dealkylation sites (N-methyl/N-ethyl adjacent to an activating group) is 1. The lowest BCUT2D eigenvalue weighted by Crippen LogP contribution is -2.44. The van der Waals surface area contributed by atoms with Gasteiger partial charge in [0, 0.05) is 43.6 Å². The summed E-state index contributed by atoms with van der Waals surface area (Å²) in [6.07, 6.45) is 3.87. The van der Waals surface area contributed by atoms with Crippen LogP contribution in [-0.4, -0.2) is 49.2 Å². The first-order valence-corrected chi connectivity index (χ1v) is 9.15. The van der Waals surface area contributed by atoms with Crippen molar-refractivity contribution in [3.8, 4) is 0 Å². The maximum Gasteiger partial charge on any atom is 0.185 e. The molecule has 0 aromatic carbocycles. The van der Waals surface area contributed by atoms with E-state index in [1.165, 1.54) is 35.0 Å². The topological polar surface area (TPSA) is 31.4 Å². The largest absolute Gasteiger partial charge is 0.346 e. The Labute approximate surface area is 132 Å². The van der Waals surface area contributed by atoms with Crippen LogP contribution in [0.3, 0.4) is 0 Å². The Morgan fingerprint density at radius 1 is 1.29 bits per heavy atom. The smallest absolute Gasteiger partial charge is 0.185 e. The molecule has 21 heavy (non-hydrogen) atoms. The third kappa shape index (κ3) is 3.76. The summed E-state index contributed by atoms with van der Waals surface area (Å²) in [5.41, 5.74) is 1.34. The Hall–Kier alpha value is -0.650. The predicted molar refractivity (Wildman–Crippen MR) is 90.4 cm³/mol. The van der Waals surface area contributed by atoms with Gasteiger partial charge < -0.3 is 15.1 Å². The van der Waals surface area contributed by atoms with Gasteiger partial charge >= 0.3 is 0 Å². The minimum absolute atomic E-state index is 0.568. The Morgan fingerprint density at radius 2 is 2.00 bits per heavy atom. The zero-order valence-electron chi connectivity index (χ0n) is 13.6. The molecule has 0 bridgehead atoms. The maximum absolute atomic E-state index is 5.01. The zero-order chi connectivity index (χ0) is 14.8. The van der Waals surface area contributed by atoms with Gasteiger partial charge in [-0.05, 0) is 32.2 Å². The third-order valence-electron chi connectivity index (χ3n) is 4.70. The lowest BCUT2D eigenvalue weighted by atomic mass is 10.0. The number of anilines is 1. The SMILES string of the molecule is CCC(C)c1nc(N2CCN(C)CC2)sc1CNC1CC1. The van der Waals surface area contributed by atoms with Crippen molar-refractivity contribution in [3.63, 3.8) is 0 Å². The van der Waals surface area contributed by atoms with Gasteiger partial charge in [-0.25, -0.2) is 4.98 Å². The fraction of sp³-hybridized carbons (Fsp3) is 0.812. The van der Waals surface area contributed by atoms with Crippen molar-refractivity contribution >= 4 is 16.5 Å². The summed E-state index contributed by atoms with van der Waals surface area (Å²) >= 11 is 1.91. The molecule has 1 aromatic heterocycles. The Bertz CT molecular complexity index is 461. The minimum Gasteiger partial charge on any atom is -0.346 e. The standard InChI is InChI=1S/C16H28N4S/c1-4-12(2)15-14(11-17-13-5-6-13)21-16(18-15)20-9-7-19(3)8-10-20/h12-13,17H,4-11H2,1-3H3. The van der Waals surface area contributed by atoms with Crippen LogP contribution < -0.4 is 10.2 Å². The van der Waals surface area contributed by atoms with E-state index < -0.39 is 0 Å². The van der Waals surface area contributed by atoms with Crippen LogP contribution in [0.15, 0.2) is 0 Å². The number of nitrogens with zero attached hydrogens (tertiary/aromatic N) is 3. The second-order valence-corrected chi connectivity index (χ2v) is 7.62. The molecule has 2 aliphatic rings. The molecule has 2 fully saturated rings. The quantitative estimate of drug-likeness (QED) is 0.875. The minimum atomic E-state index is 0.568. The molecule has 0 radical (unpaired) electrons. The molecule has 1 aliphatic carbocycles. The molecule has 5 heteroatoms. The van der Waals surface area contributed by atoms with Crippen LogP contribution in [0.4, 0.5) is 5.13 Å². The molecule has 1 aromatic rings. The van der Waals surface area contributed by atoms with Gasteiger partial charge in [-0.2, -0.15) is 0 Å². The van der Waals surface area contributed by atoms with Crippen LogP contribution in [0.1, 0.15) is 49.6 Å². The van der Waals surface area contributed by atoms with Crippen molar-refractivity contribution in [1.82, 2.24) is 15.2 Å². The van der Waals surface area contributed by atoms with Crippen molar-refractivity contribution in [2.75, 3.05) is 38.1 Å². The van der Waals surface area contributed by atoms with Gasteiger partial charge in [-0.1, -0.05) is 13.8 Å². The molecule has 1 saturated carbocycles. The Morgan fingerprint density at radius 3 is 2.62 bits per heavy atom. The monoisotopic (exact) mass is 308 g/mol. The summed E-state index contributed by atoms with van der Waals surface area (Å²) in [6.45, 7) is 10.1. The number of thiazole rings is 1. The van der Waals surface area contributed by atoms with Gasteiger partial charge in [0.15, 0.2) is 5.13 Å². The Kier molecular flexibility index (Phi) is 4.82.